The van der Waals surface area contributed by atoms with Crippen molar-refractivity contribution in [3.05, 3.63) is 48.0 Å². The maximum absolute atomic E-state index is 12.9. The van der Waals surface area contributed by atoms with Gasteiger partial charge in [-0.05, 0) is 42.3 Å². The lowest BCUT2D eigenvalue weighted by Gasteiger charge is -2.26. The third-order valence-corrected chi connectivity index (χ3v) is 7.13. The molecule has 2 aromatic carbocycles. The molecule has 33 heavy (non-hydrogen) atoms. The van der Waals surface area contributed by atoms with Crippen LogP contribution in [0.3, 0.4) is 0 Å². The molecule has 0 spiro atoms. The van der Waals surface area contributed by atoms with E-state index in [1.165, 1.54) is 17.5 Å². The van der Waals surface area contributed by atoms with Crippen LogP contribution in [0.15, 0.2) is 47.4 Å². The van der Waals surface area contributed by atoms with Crippen LogP contribution in [-0.4, -0.2) is 72.3 Å². The van der Waals surface area contributed by atoms with Crippen molar-refractivity contribution < 1.29 is 32.2 Å². The number of nitrogens with one attached hydrogen (secondary N) is 1. The van der Waals surface area contributed by atoms with Gasteiger partial charge in [0.25, 0.3) is 0 Å². The number of para-hydroxylation sites is 2. The van der Waals surface area contributed by atoms with Crippen LogP contribution in [-0.2, 0) is 26.0 Å². The Hall–Kier alpha value is -2.82. The second-order valence-electron chi connectivity index (χ2n) is 7.34. The van der Waals surface area contributed by atoms with Crippen molar-refractivity contribution in [2.75, 3.05) is 53.7 Å². The quantitative estimate of drug-likeness (QED) is 0.492. The number of methoxy groups -OCH3 is 2. The van der Waals surface area contributed by atoms with E-state index < -0.39 is 10.0 Å². The van der Waals surface area contributed by atoms with Gasteiger partial charge < -0.3 is 24.3 Å². The number of morpholine rings is 1. The van der Waals surface area contributed by atoms with Crippen molar-refractivity contribution in [2.24, 2.45) is 0 Å². The van der Waals surface area contributed by atoms with Gasteiger partial charge in [-0.1, -0.05) is 12.1 Å². The summed E-state index contributed by atoms with van der Waals surface area (Å²) in [5, 5.41) is 2.81. The Kier molecular flexibility index (Phi) is 8.93. The first kappa shape index (κ1) is 24.8. The van der Waals surface area contributed by atoms with Crippen molar-refractivity contribution in [1.82, 2.24) is 9.62 Å². The molecule has 1 saturated heterocycles. The van der Waals surface area contributed by atoms with E-state index in [4.69, 9.17) is 18.9 Å². The highest BCUT2D eigenvalue weighted by molar-refractivity contribution is 7.89. The second kappa shape index (κ2) is 11.9. The first-order valence-electron chi connectivity index (χ1n) is 10.7. The van der Waals surface area contributed by atoms with Crippen LogP contribution in [0.25, 0.3) is 0 Å². The van der Waals surface area contributed by atoms with Gasteiger partial charge in [-0.2, -0.15) is 4.31 Å². The molecule has 1 amide bonds. The highest BCUT2D eigenvalue weighted by atomic mass is 32.2. The average molecular weight is 479 g/mol. The lowest BCUT2D eigenvalue weighted by Crippen LogP contribution is -2.40. The van der Waals surface area contributed by atoms with E-state index >= 15 is 0 Å². The Morgan fingerprint density at radius 2 is 1.73 bits per heavy atom. The standard InChI is InChI=1S/C23H30N2O7S/c1-29-20-9-8-19(33(27,28)25-12-15-31-16-13-25)17-18(20)7-10-23(26)24-11-14-32-22-6-4-3-5-21(22)30-2/h3-6,8-9,17H,7,10-16H2,1-2H3,(H,24,26). The Morgan fingerprint density at radius 3 is 2.42 bits per heavy atom. The minimum atomic E-state index is -3.63. The summed E-state index contributed by atoms with van der Waals surface area (Å²) in [7, 11) is -0.540. The Balaban J connectivity index is 1.54. The Bertz CT molecular complexity index is 1040. The van der Waals surface area contributed by atoms with E-state index in [-0.39, 0.29) is 17.2 Å². The number of benzene rings is 2. The molecule has 1 N–H and O–H groups in total. The minimum Gasteiger partial charge on any atom is -0.496 e. The first-order chi connectivity index (χ1) is 16.0. The Labute approximate surface area is 194 Å². The van der Waals surface area contributed by atoms with Crippen LogP contribution in [0.2, 0.25) is 0 Å². The van der Waals surface area contributed by atoms with Gasteiger partial charge in [0.15, 0.2) is 11.5 Å². The summed E-state index contributed by atoms with van der Waals surface area (Å²) >= 11 is 0. The number of ether oxygens (including phenoxy) is 4. The number of amides is 1. The largest absolute Gasteiger partial charge is 0.496 e. The number of carbonyl (C=O) groups excluding carboxylic acids is 1. The third-order valence-electron chi connectivity index (χ3n) is 5.23. The molecule has 0 atom stereocenters. The maximum Gasteiger partial charge on any atom is 0.243 e. The van der Waals surface area contributed by atoms with Gasteiger partial charge in [-0.3, -0.25) is 4.79 Å². The van der Waals surface area contributed by atoms with E-state index in [9.17, 15) is 13.2 Å². The number of nitrogens with zero attached hydrogens (tertiary/aromatic N) is 1. The van der Waals surface area contributed by atoms with Crippen molar-refractivity contribution in [3.8, 4) is 17.2 Å². The van der Waals surface area contributed by atoms with Gasteiger partial charge in [0.1, 0.15) is 12.4 Å². The second-order valence-corrected chi connectivity index (χ2v) is 9.28. The van der Waals surface area contributed by atoms with Crippen LogP contribution >= 0.6 is 0 Å². The number of hydrogen-bond donors (Lipinski definition) is 1. The highest BCUT2D eigenvalue weighted by Crippen LogP contribution is 2.27. The van der Waals surface area contributed by atoms with E-state index in [1.807, 2.05) is 12.1 Å². The lowest BCUT2D eigenvalue weighted by molar-refractivity contribution is -0.121. The molecule has 0 saturated carbocycles. The van der Waals surface area contributed by atoms with Crippen molar-refractivity contribution in [3.63, 3.8) is 0 Å². The minimum absolute atomic E-state index is 0.165. The SMILES string of the molecule is COc1ccc(S(=O)(=O)N2CCOCC2)cc1CCC(=O)NCCOc1ccccc1OC. The summed E-state index contributed by atoms with van der Waals surface area (Å²) < 4.78 is 48.8. The summed E-state index contributed by atoms with van der Waals surface area (Å²) in [5.41, 5.74) is 0.659. The number of rotatable bonds is 11. The predicted molar refractivity (Wildman–Crippen MR) is 122 cm³/mol. The molecular weight excluding hydrogens is 448 g/mol. The van der Waals surface area contributed by atoms with Crippen molar-refractivity contribution >= 4 is 15.9 Å². The van der Waals surface area contributed by atoms with E-state index in [0.717, 1.165) is 0 Å². The summed E-state index contributed by atoms with van der Waals surface area (Å²) in [5.74, 6) is 1.62. The smallest absolute Gasteiger partial charge is 0.243 e. The van der Waals surface area contributed by atoms with Gasteiger partial charge >= 0.3 is 0 Å². The zero-order chi connectivity index (χ0) is 23.7. The normalized spacial score (nSPS) is 14.5. The van der Waals surface area contributed by atoms with Gasteiger partial charge in [0, 0.05) is 19.5 Å². The van der Waals surface area contributed by atoms with Crippen LogP contribution < -0.4 is 19.5 Å². The summed E-state index contributed by atoms with van der Waals surface area (Å²) in [6.07, 6.45) is 0.529. The molecule has 0 unspecified atom stereocenters. The average Bonchev–Trinajstić information content (AvgIpc) is 2.85. The van der Waals surface area contributed by atoms with E-state index in [2.05, 4.69) is 5.32 Å². The highest BCUT2D eigenvalue weighted by Gasteiger charge is 2.27. The van der Waals surface area contributed by atoms with Crippen LogP contribution in [0.1, 0.15) is 12.0 Å². The Morgan fingerprint density at radius 1 is 1.03 bits per heavy atom. The van der Waals surface area contributed by atoms with Crippen LogP contribution in [0.4, 0.5) is 0 Å². The third kappa shape index (κ3) is 6.59. The molecule has 0 aliphatic carbocycles. The molecule has 0 radical (unpaired) electrons. The van der Waals surface area contributed by atoms with E-state index in [1.54, 1.807) is 31.4 Å². The molecule has 1 heterocycles. The molecule has 1 aliphatic heterocycles. The fourth-order valence-corrected chi connectivity index (χ4v) is 4.93. The molecule has 180 valence electrons. The van der Waals surface area contributed by atoms with Crippen LogP contribution in [0, 0.1) is 0 Å². The molecule has 0 bridgehead atoms. The molecule has 3 rings (SSSR count). The van der Waals surface area contributed by atoms with Gasteiger partial charge in [0.05, 0.1) is 38.9 Å². The molecule has 10 heteroatoms. The van der Waals surface area contributed by atoms with Crippen LogP contribution in [0.5, 0.6) is 17.2 Å². The summed E-state index contributed by atoms with van der Waals surface area (Å²) in [6, 6.07) is 12.0. The number of hydrogen-bond acceptors (Lipinski definition) is 7. The molecule has 1 aliphatic rings. The van der Waals surface area contributed by atoms with Crippen molar-refractivity contribution in [2.45, 2.75) is 17.7 Å². The van der Waals surface area contributed by atoms with Gasteiger partial charge in [-0.15, -0.1) is 0 Å². The van der Waals surface area contributed by atoms with Gasteiger partial charge in [0.2, 0.25) is 15.9 Å². The zero-order valence-corrected chi connectivity index (χ0v) is 19.7. The topological polar surface area (TPSA) is 103 Å². The number of carbonyl (C=O) groups is 1. The predicted octanol–water partition coefficient (Wildman–Crippen LogP) is 1.85. The van der Waals surface area contributed by atoms with Crippen molar-refractivity contribution in [1.29, 1.82) is 0 Å². The lowest BCUT2D eigenvalue weighted by atomic mass is 10.1. The monoisotopic (exact) mass is 478 g/mol. The molecule has 2 aromatic rings. The molecule has 9 nitrogen and oxygen atoms in total. The van der Waals surface area contributed by atoms with Gasteiger partial charge in [-0.25, -0.2) is 8.42 Å². The van der Waals surface area contributed by atoms with E-state index in [0.29, 0.717) is 68.7 Å². The fraction of sp³-hybridized carbons (Fsp3) is 0.435. The zero-order valence-electron chi connectivity index (χ0n) is 18.9. The molecule has 1 fully saturated rings. The fourth-order valence-electron chi connectivity index (χ4n) is 3.47. The molecule has 0 aromatic heterocycles. The maximum atomic E-state index is 12.9. The number of aryl methyl sites for hydroxylation is 1. The molecular formula is C23H30N2O7S. The number of sulfonamides is 1. The first-order valence-corrected chi connectivity index (χ1v) is 12.2. The summed E-state index contributed by atoms with van der Waals surface area (Å²) in [4.78, 5) is 12.5. The summed E-state index contributed by atoms with van der Waals surface area (Å²) in [6.45, 7) is 2.03.